The number of hydrogen-bond acceptors (Lipinski definition) is 7. The molecule has 0 saturated heterocycles. The standard InChI is InChI=1S/C26H33Cl2IO7S/c1-5-37(32,33)16-20(31)14-34-21-8-6-18(7-9-21)26(3,4)19-12-23(27)25(24(28)13-19)35-15-22(10-11-29)36-17(2)30/h6-9,12-13,20,22,31H,5,10-11,14-16H2,1-4H3/t20-,22+/m0/s1. The maximum atomic E-state index is 11.7. The van der Waals surface area contributed by atoms with E-state index in [0.717, 1.165) is 15.6 Å². The Morgan fingerprint density at radius 3 is 2.16 bits per heavy atom. The first-order chi connectivity index (χ1) is 17.3. The lowest BCUT2D eigenvalue weighted by molar-refractivity contribution is -0.147. The van der Waals surface area contributed by atoms with E-state index in [2.05, 4.69) is 22.6 Å². The molecule has 0 radical (unpaired) electrons. The summed E-state index contributed by atoms with van der Waals surface area (Å²) in [5, 5.41) is 10.7. The number of esters is 1. The molecular weight excluding hydrogens is 654 g/mol. The van der Waals surface area contributed by atoms with Gasteiger partial charge in [-0.15, -0.1) is 0 Å². The van der Waals surface area contributed by atoms with Crippen molar-refractivity contribution in [1.29, 1.82) is 0 Å². The summed E-state index contributed by atoms with van der Waals surface area (Å²) < 4.78 is 40.8. The lowest BCUT2D eigenvalue weighted by Crippen LogP contribution is -2.28. The number of hydrogen-bond donors (Lipinski definition) is 1. The average Bonchev–Trinajstić information content (AvgIpc) is 2.81. The highest BCUT2D eigenvalue weighted by Gasteiger charge is 2.26. The second kappa shape index (κ2) is 14.2. The van der Waals surface area contributed by atoms with E-state index in [1.807, 2.05) is 26.0 Å². The summed E-state index contributed by atoms with van der Waals surface area (Å²) in [4.78, 5) is 11.3. The molecule has 2 aromatic rings. The third kappa shape index (κ3) is 9.76. The van der Waals surface area contributed by atoms with Crippen molar-refractivity contribution in [2.75, 3.05) is 29.1 Å². The molecular formula is C26H33Cl2IO7S. The molecule has 2 atom stereocenters. The summed E-state index contributed by atoms with van der Waals surface area (Å²) in [6.07, 6.45) is -0.843. The van der Waals surface area contributed by atoms with Gasteiger partial charge in [0.2, 0.25) is 0 Å². The van der Waals surface area contributed by atoms with E-state index in [1.165, 1.54) is 6.92 Å². The predicted octanol–water partition coefficient (Wildman–Crippen LogP) is 5.63. The Bertz CT molecular complexity index is 1130. The lowest BCUT2D eigenvalue weighted by atomic mass is 9.78. The topological polar surface area (TPSA) is 99.1 Å². The van der Waals surface area contributed by atoms with Crippen LogP contribution in [0.15, 0.2) is 36.4 Å². The number of carbonyl (C=O) groups excluding carboxylic acids is 1. The Kier molecular flexibility index (Phi) is 12.3. The van der Waals surface area contributed by atoms with Gasteiger partial charge in [-0.05, 0) is 41.8 Å². The van der Waals surface area contributed by atoms with E-state index in [1.54, 1.807) is 31.2 Å². The van der Waals surface area contributed by atoms with Crippen molar-refractivity contribution in [1.82, 2.24) is 0 Å². The van der Waals surface area contributed by atoms with Crippen LogP contribution in [-0.4, -0.2) is 60.8 Å². The van der Waals surface area contributed by atoms with Crippen LogP contribution in [0, 0.1) is 0 Å². The number of halogens is 3. The summed E-state index contributed by atoms with van der Waals surface area (Å²) in [6.45, 7) is 6.98. The van der Waals surface area contributed by atoms with E-state index < -0.39 is 27.5 Å². The summed E-state index contributed by atoms with van der Waals surface area (Å²) in [5.41, 5.74) is 1.36. The van der Waals surface area contributed by atoms with Gasteiger partial charge >= 0.3 is 5.97 Å². The molecule has 206 valence electrons. The minimum Gasteiger partial charge on any atom is -0.491 e. The van der Waals surface area contributed by atoms with Gasteiger partial charge in [0.05, 0.1) is 15.8 Å². The van der Waals surface area contributed by atoms with Gasteiger partial charge in [0.25, 0.3) is 0 Å². The van der Waals surface area contributed by atoms with Gasteiger partial charge in [0.15, 0.2) is 15.6 Å². The smallest absolute Gasteiger partial charge is 0.303 e. The predicted molar refractivity (Wildman–Crippen MR) is 155 cm³/mol. The van der Waals surface area contributed by atoms with E-state index in [-0.39, 0.29) is 30.7 Å². The quantitative estimate of drug-likeness (QED) is 0.156. The molecule has 2 aromatic carbocycles. The Balaban J connectivity index is 2.12. The normalized spacial score (nSPS) is 13.6. The van der Waals surface area contributed by atoms with Crippen LogP contribution in [0.3, 0.4) is 0 Å². The van der Waals surface area contributed by atoms with Crippen molar-refractivity contribution in [3.63, 3.8) is 0 Å². The molecule has 0 aliphatic rings. The molecule has 0 heterocycles. The first-order valence-electron chi connectivity index (χ1n) is 11.8. The molecule has 0 spiro atoms. The van der Waals surface area contributed by atoms with E-state index in [9.17, 15) is 18.3 Å². The van der Waals surface area contributed by atoms with Crippen LogP contribution in [0.25, 0.3) is 0 Å². The fourth-order valence-electron chi connectivity index (χ4n) is 3.55. The Hall–Kier alpha value is -1.27. The van der Waals surface area contributed by atoms with Crippen molar-refractivity contribution in [2.45, 2.75) is 51.7 Å². The molecule has 11 heteroatoms. The molecule has 2 rings (SSSR count). The monoisotopic (exact) mass is 686 g/mol. The SMILES string of the molecule is CCS(=O)(=O)C[C@@H](O)COc1ccc(C(C)(C)c2cc(Cl)c(OC[C@@H](CCI)OC(C)=O)c(Cl)c2)cc1. The molecule has 1 N–H and O–H groups in total. The van der Waals surface area contributed by atoms with Gasteiger partial charge in [-0.1, -0.05) is 78.7 Å². The number of carbonyl (C=O) groups is 1. The third-order valence-corrected chi connectivity index (χ3v) is 8.76. The van der Waals surface area contributed by atoms with Crippen LogP contribution < -0.4 is 9.47 Å². The highest BCUT2D eigenvalue weighted by Crippen LogP contribution is 2.40. The van der Waals surface area contributed by atoms with Crippen LogP contribution in [0.4, 0.5) is 0 Å². The summed E-state index contributed by atoms with van der Waals surface area (Å²) in [7, 11) is -3.29. The van der Waals surface area contributed by atoms with Crippen molar-refractivity contribution in [3.05, 3.63) is 57.6 Å². The van der Waals surface area contributed by atoms with E-state index in [4.69, 9.17) is 37.4 Å². The number of ether oxygens (including phenoxy) is 3. The lowest BCUT2D eigenvalue weighted by Gasteiger charge is -2.27. The number of alkyl halides is 1. The Morgan fingerprint density at radius 2 is 1.65 bits per heavy atom. The highest BCUT2D eigenvalue weighted by atomic mass is 127. The molecule has 7 nitrogen and oxygen atoms in total. The van der Waals surface area contributed by atoms with Crippen molar-refractivity contribution in [2.24, 2.45) is 0 Å². The van der Waals surface area contributed by atoms with Gasteiger partial charge in [0.1, 0.15) is 31.2 Å². The summed E-state index contributed by atoms with van der Waals surface area (Å²) in [5.74, 6) is 0.118. The number of rotatable bonds is 14. The van der Waals surface area contributed by atoms with Crippen LogP contribution in [0.2, 0.25) is 10.0 Å². The number of benzene rings is 2. The molecule has 0 saturated carbocycles. The Labute approximate surface area is 242 Å². The van der Waals surface area contributed by atoms with Crippen molar-refractivity contribution < 1.29 is 32.5 Å². The molecule has 0 fully saturated rings. The van der Waals surface area contributed by atoms with Gasteiger partial charge in [0, 0.05) is 22.5 Å². The molecule has 0 amide bonds. The van der Waals surface area contributed by atoms with Crippen LogP contribution in [0.5, 0.6) is 11.5 Å². The maximum Gasteiger partial charge on any atom is 0.303 e. The molecule has 0 bridgehead atoms. The van der Waals surface area contributed by atoms with Crippen LogP contribution >= 0.6 is 45.8 Å². The van der Waals surface area contributed by atoms with Gasteiger partial charge in [-0.2, -0.15) is 0 Å². The zero-order valence-electron chi connectivity index (χ0n) is 21.3. The minimum atomic E-state index is -3.29. The second-order valence-electron chi connectivity index (χ2n) is 9.10. The van der Waals surface area contributed by atoms with Crippen molar-refractivity contribution >= 4 is 61.6 Å². The molecule has 0 aliphatic carbocycles. The van der Waals surface area contributed by atoms with Crippen LogP contribution in [0.1, 0.15) is 45.2 Å². The van der Waals surface area contributed by atoms with Gasteiger partial charge in [-0.25, -0.2) is 8.42 Å². The van der Waals surface area contributed by atoms with E-state index >= 15 is 0 Å². The first kappa shape index (κ1) is 31.9. The Morgan fingerprint density at radius 1 is 1.05 bits per heavy atom. The third-order valence-electron chi connectivity index (χ3n) is 5.80. The number of aliphatic hydroxyl groups is 1. The first-order valence-corrected chi connectivity index (χ1v) is 15.9. The zero-order chi connectivity index (χ0) is 27.8. The fourth-order valence-corrected chi connectivity index (χ4v) is 5.76. The molecule has 37 heavy (non-hydrogen) atoms. The summed E-state index contributed by atoms with van der Waals surface area (Å²) in [6, 6.07) is 10.9. The number of aliphatic hydroxyl groups excluding tert-OH is 1. The fraction of sp³-hybridized carbons (Fsp3) is 0.500. The average molecular weight is 687 g/mol. The van der Waals surface area contributed by atoms with E-state index in [0.29, 0.717) is 28.0 Å². The highest BCUT2D eigenvalue weighted by molar-refractivity contribution is 14.1. The van der Waals surface area contributed by atoms with Gasteiger partial charge < -0.3 is 19.3 Å². The zero-order valence-corrected chi connectivity index (χ0v) is 25.8. The molecule has 0 aromatic heterocycles. The molecule has 0 aliphatic heterocycles. The maximum absolute atomic E-state index is 11.7. The second-order valence-corrected chi connectivity index (χ2v) is 13.4. The van der Waals surface area contributed by atoms with Crippen LogP contribution in [-0.2, 0) is 24.8 Å². The largest absolute Gasteiger partial charge is 0.491 e. The molecule has 0 unspecified atom stereocenters. The van der Waals surface area contributed by atoms with Crippen molar-refractivity contribution in [3.8, 4) is 11.5 Å². The number of sulfone groups is 1. The minimum absolute atomic E-state index is 0.0254. The summed E-state index contributed by atoms with van der Waals surface area (Å²) >= 11 is 15.3. The van der Waals surface area contributed by atoms with Gasteiger partial charge in [-0.3, -0.25) is 4.79 Å².